The molecule has 0 aliphatic carbocycles. The lowest BCUT2D eigenvalue weighted by Gasteiger charge is -2.02. The number of rotatable bonds is 3. The van der Waals surface area contributed by atoms with Crippen molar-refractivity contribution >= 4 is 18.1 Å². The zero-order valence-electron chi connectivity index (χ0n) is 7.63. The third-order valence-corrected chi connectivity index (χ3v) is 1.74. The molecule has 1 nitrogen and oxygen atoms in total. The Labute approximate surface area is 80.6 Å². The zero-order valence-corrected chi connectivity index (χ0v) is 8.45. The molecule has 0 unspecified atom stereocenters. The van der Waals surface area contributed by atoms with Crippen LogP contribution in [-0.4, -0.2) is 6.54 Å². The second-order valence-corrected chi connectivity index (χ2v) is 2.58. The summed E-state index contributed by atoms with van der Waals surface area (Å²) in [6.07, 6.45) is 1.12. The van der Waals surface area contributed by atoms with Crippen LogP contribution in [0.15, 0.2) is 24.3 Å². The summed E-state index contributed by atoms with van der Waals surface area (Å²) >= 11 is 0. The molecule has 68 valence electrons. The standard InChI is InChI=1S/C10H15N.ClH/c1-3-9-5-7-10(8-6-9)11-4-2;/h5-8,11H,3-4H2,1-2H3;1H. The monoisotopic (exact) mass is 185 g/mol. The average Bonchev–Trinajstić information content (AvgIpc) is 2.07. The first-order valence-corrected chi connectivity index (χ1v) is 4.19. The van der Waals surface area contributed by atoms with Crippen LogP contribution in [0.25, 0.3) is 0 Å². The number of benzene rings is 1. The molecule has 0 radical (unpaired) electrons. The smallest absolute Gasteiger partial charge is 0.0340 e. The molecule has 0 aromatic heterocycles. The van der Waals surface area contributed by atoms with Gasteiger partial charge in [-0.05, 0) is 31.0 Å². The van der Waals surface area contributed by atoms with E-state index in [-0.39, 0.29) is 12.4 Å². The average molecular weight is 186 g/mol. The van der Waals surface area contributed by atoms with Crippen molar-refractivity contribution in [1.29, 1.82) is 0 Å². The van der Waals surface area contributed by atoms with E-state index in [0.29, 0.717) is 0 Å². The van der Waals surface area contributed by atoms with Gasteiger partial charge in [-0.15, -0.1) is 12.4 Å². The van der Waals surface area contributed by atoms with Crippen molar-refractivity contribution in [1.82, 2.24) is 0 Å². The van der Waals surface area contributed by atoms with E-state index in [1.807, 2.05) is 0 Å². The van der Waals surface area contributed by atoms with Crippen molar-refractivity contribution in [3.8, 4) is 0 Å². The SMILES string of the molecule is CCNc1ccc(CC)cc1.Cl. The van der Waals surface area contributed by atoms with Crippen LogP contribution in [0.1, 0.15) is 19.4 Å². The molecule has 0 aliphatic rings. The van der Waals surface area contributed by atoms with Crippen molar-refractivity contribution < 1.29 is 0 Å². The summed E-state index contributed by atoms with van der Waals surface area (Å²) in [6.45, 7) is 5.27. The highest BCUT2D eigenvalue weighted by molar-refractivity contribution is 5.85. The fourth-order valence-corrected chi connectivity index (χ4v) is 1.06. The van der Waals surface area contributed by atoms with E-state index in [4.69, 9.17) is 0 Å². The Morgan fingerprint density at radius 1 is 1.08 bits per heavy atom. The Bertz CT molecular complexity index is 206. The second kappa shape index (κ2) is 5.90. The van der Waals surface area contributed by atoms with Crippen LogP contribution in [0.4, 0.5) is 5.69 Å². The van der Waals surface area contributed by atoms with E-state index < -0.39 is 0 Å². The molecular formula is C10H16ClN. The van der Waals surface area contributed by atoms with Crippen LogP contribution in [0.3, 0.4) is 0 Å². The van der Waals surface area contributed by atoms with Crippen molar-refractivity contribution in [3.05, 3.63) is 29.8 Å². The quantitative estimate of drug-likeness (QED) is 0.763. The molecular weight excluding hydrogens is 170 g/mol. The van der Waals surface area contributed by atoms with Crippen molar-refractivity contribution in [2.75, 3.05) is 11.9 Å². The number of hydrogen-bond acceptors (Lipinski definition) is 1. The number of aryl methyl sites for hydroxylation is 1. The van der Waals surface area contributed by atoms with Crippen molar-refractivity contribution in [2.24, 2.45) is 0 Å². The lowest BCUT2D eigenvalue weighted by molar-refractivity contribution is 1.13. The van der Waals surface area contributed by atoms with Crippen LogP contribution >= 0.6 is 12.4 Å². The third-order valence-electron chi connectivity index (χ3n) is 1.74. The summed E-state index contributed by atoms with van der Waals surface area (Å²) in [7, 11) is 0. The highest BCUT2D eigenvalue weighted by Gasteiger charge is 1.89. The minimum Gasteiger partial charge on any atom is -0.385 e. The van der Waals surface area contributed by atoms with Crippen LogP contribution < -0.4 is 5.32 Å². The molecule has 0 aliphatic heterocycles. The first-order chi connectivity index (χ1) is 5.36. The Morgan fingerprint density at radius 3 is 2.08 bits per heavy atom. The minimum atomic E-state index is 0. The fourth-order valence-electron chi connectivity index (χ4n) is 1.06. The molecule has 0 saturated carbocycles. The Balaban J connectivity index is 0.00000121. The van der Waals surface area contributed by atoms with E-state index in [9.17, 15) is 0 Å². The van der Waals surface area contributed by atoms with Crippen LogP contribution in [0.5, 0.6) is 0 Å². The molecule has 0 amide bonds. The summed E-state index contributed by atoms with van der Waals surface area (Å²) in [5.74, 6) is 0. The molecule has 12 heavy (non-hydrogen) atoms. The van der Waals surface area contributed by atoms with Gasteiger partial charge in [-0.25, -0.2) is 0 Å². The number of anilines is 1. The number of hydrogen-bond donors (Lipinski definition) is 1. The largest absolute Gasteiger partial charge is 0.385 e. The maximum Gasteiger partial charge on any atom is 0.0340 e. The zero-order chi connectivity index (χ0) is 8.10. The van der Waals surface area contributed by atoms with Gasteiger partial charge in [-0.1, -0.05) is 19.1 Å². The maximum absolute atomic E-state index is 3.26. The van der Waals surface area contributed by atoms with Crippen LogP contribution in [-0.2, 0) is 6.42 Å². The maximum atomic E-state index is 3.26. The number of nitrogens with one attached hydrogen (secondary N) is 1. The minimum absolute atomic E-state index is 0. The molecule has 0 spiro atoms. The third kappa shape index (κ3) is 3.14. The van der Waals surface area contributed by atoms with Gasteiger partial charge in [0.2, 0.25) is 0 Å². The van der Waals surface area contributed by atoms with E-state index >= 15 is 0 Å². The molecule has 0 heterocycles. The molecule has 0 fully saturated rings. The second-order valence-electron chi connectivity index (χ2n) is 2.58. The van der Waals surface area contributed by atoms with Crippen LogP contribution in [0, 0.1) is 0 Å². The van der Waals surface area contributed by atoms with Gasteiger partial charge < -0.3 is 5.32 Å². The first kappa shape index (κ1) is 11.3. The topological polar surface area (TPSA) is 12.0 Å². The molecule has 1 rings (SSSR count). The van der Waals surface area contributed by atoms with Gasteiger partial charge in [-0.2, -0.15) is 0 Å². The molecule has 1 N–H and O–H groups in total. The van der Waals surface area contributed by atoms with Gasteiger partial charge in [0.05, 0.1) is 0 Å². The molecule has 0 bridgehead atoms. The Hall–Kier alpha value is -0.690. The predicted molar refractivity (Wildman–Crippen MR) is 57.2 cm³/mol. The summed E-state index contributed by atoms with van der Waals surface area (Å²) in [5, 5.41) is 3.26. The van der Waals surface area contributed by atoms with E-state index in [2.05, 4.69) is 43.4 Å². The van der Waals surface area contributed by atoms with Gasteiger partial charge in [0.25, 0.3) is 0 Å². The highest BCUT2D eigenvalue weighted by atomic mass is 35.5. The number of halogens is 1. The van der Waals surface area contributed by atoms with Gasteiger partial charge in [0, 0.05) is 12.2 Å². The van der Waals surface area contributed by atoms with E-state index in [1.54, 1.807) is 0 Å². The van der Waals surface area contributed by atoms with Gasteiger partial charge in [0.1, 0.15) is 0 Å². The molecule has 1 aromatic carbocycles. The summed E-state index contributed by atoms with van der Waals surface area (Å²) in [6, 6.07) is 8.58. The molecule has 1 aromatic rings. The van der Waals surface area contributed by atoms with Gasteiger partial charge >= 0.3 is 0 Å². The summed E-state index contributed by atoms with van der Waals surface area (Å²) < 4.78 is 0. The van der Waals surface area contributed by atoms with Crippen molar-refractivity contribution in [3.63, 3.8) is 0 Å². The van der Waals surface area contributed by atoms with Crippen LogP contribution in [0.2, 0.25) is 0 Å². The Morgan fingerprint density at radius 2 is 1.67 bits per heavy atom. The van der Waals surface area contributed by atoms with Gasteiger partial charge in [-0.3, -0.25) is 0 Å². The van der Waals surface area contributed by atoms with Gasteiger partial charge in [0.15, 0.2) is 0 Å². The molecule has 0 saturated heterocycles. The molecule has 0 atom stereocenters. The summed E-state index contributed by atoms with van der Waals surface area (Å²) in [5.41, 5.74) is 2.61. The molecule has 2 heteroatoms. The lowest BCUT2D eigenvalue weighted by atomic mass is 10.1. The summed E-state index contributed by atoms with van der Waals surface area (Å²) in [4.78, 5) is 0. The highest BCUT2D eigenvalue weighted by Crippen LogP contribution is 2.08. The van der Waals surface area contributed by atoms with E-state index in [0.717, 1.165) is 13.0 Å². The van der Waals surface area contributed by atoms with Crippen molar-refractivity contribution in [2.45, 2.75) is 20.3 Å². The normalized spacial score (nSPS) is 8.83. The predicted octanol–water partition coefficient (Wildman–Crippen LogP) is 3.10. The Kier molecular flexibility index (Phi) is 5.56. The first-order valence-electron chi connectivity index (χ1n) is 4.19. The lowest BCUT2D eigenvalue weighted by Crippen LogP contribution is -1.95. The fraction of sp³-hybridized carbons (Fsp3) is 0.400. The van der Waals surface area contributed by atoms with E-state index in [1.165, 1.54) is 11.3 Å².